The minimum absolute atomic E-state index is 0.631. The van der Waals surface area contributed by atoms with Crippen LogP contribution in [0.2, 0.25) is 0 Å². The Hall–Kier alpha value is -0.870. The molecule has 1 N–H and O–H groups in total. The highest BCUT2D eigenvalue weighted by atomic mass is 32.2. The summed E-state index contributed by atoms with van der Waals surface area (Å²) >= 11 is -1.86. The van der Waals surface area contributed by atoms with Gasteiger partial charge in [0, 0.05) is 18.8 Å². The minimum Gasteiger partial charge on any atom is -0.370 e. The van der Waals surface area contributed by atoms with Gasteiger partial charge in [-0.25, -0.2) is 4.21 Å². The molecule has 4 aliphatic rings. The average molecular weight is 317 g/mol. The number of nitrogens with zero attached hydrogens (tertiary/aromatic N) is 1. The summed E-state index contributed by atoms with van der Waals surface area (Å²) in [6.07, 6.45) is 7.82. The zero-order valence-electron chi connectivity index (χ0n) is 12.8. The second-order valence-corrected chi connectivity index (χ2v) is 8.67. The summed E-state index contributed by atoms with van der Waals surface area (Å²) in [5, 5.41) is 0. The Morgan fingerprint density at radius 2 is 1.50 bits per heavy atom. The van der Waals surface area contributed by atoms with E-state index in [4.69, 9.17) is 0 Å². The Labute approximate surface area is 134 Å². The molecule has 118 valence electrons. The summed E-state index contributed by atoms with van der Waals surface area (Å²) < 4.78 is 21.4. The molecule has 2 aliphatic carbocycles. The first kappa shape index (κ1) is 13.6. The second-order valence-electron chi connectivity index (χ2n) is 7.70. The third kappa shape index (κ3) is 1.80. The molecule has 2 heterocycles. The lowest BCUT2D eigenvalue weighted by Gasteiger charge is -2.46. The van der Waals surface area contributed by atoms with E-state index in [1.54, 1.807) is 0 Å². The summed E-state index contributed by atoms with van der Waals surface area (Å²) in [5.41, 5.74) is 4.25. The molecule has 1 aromatic carbocycles. The van der Waals surface area contributed by atoms with Crippen LogP contribution in [0.4, 0.5) is 5.69 Å². The lowest BCUT2D eigenvalue weighted by Crippen LogP contribution is -2.43. The van der Waals surface area contributed by atoms with Crippen LogP contribution in [0.1, 0.15) is 61.5 Å². The largest absolute Gasteiger partial charge is 0.370 e. The first-order chi connectivity index (χ1) is 10.7. The smallest absolute Gasteiger partial charge is 0.186 e. The monoisotopic (exact) mass is 317 g/mol. The predicted molar refractivity (Wildman–Crippen MR) is 87.9 cm³/mol. The van der Waals surface area contributed by atoms with Crippen LogP contribution in [0.15, 0.2) is 17.0 Å². The molecule has 0 spiro atoms. The van der Waals surface area contributed by atoms with Crippen LogP contribution in [0.25, 0.3) is 0 Å². The fraction of sp³-hybridized carbons (Fsp3) is 0.667. The van der Waals surface area contributed by atoms with Gasteiger partial charge in [0.15, 0.2) is 11.1 Å². The van der Waals surface area contributed by atoms with Gasteiger partial charge in [0.25, 0.3) is 0 Å². The van der Waals surface area contributed by atoms with Crippen LogP contribution in [-0.2, 0) is 11.1 Å². The Kier molecular flexibility index (Phi) is 2.97. The molecule has 22 heavy (non-hydrogen) atoms. The quantitative estimate of drug-likeness (QED) is 0.799. The van der Waals surface area contributed by atoms with Gasteiger partial charge in [-0.3, -0.25) is 0 Å². The Balaban J connectivity index is 1.74. The van der Waals surface area contributed by atoms with Crippen molar-refractivity contribution in [3.05, 3.63) is 23.3 Å². The van der Waals surface area contributed by atoms with E-state index in [9.17, 15) is 8.76 Å². The molecule has 0 bridgehead atoms. The molecule has 0 amide bonds. The van der Waals surface area contributed by atoms with Gasteiger partial charge < -0.3 is 9.45 Å². The maximum absolute atomic E-state index is 11.7. The third-order valence-electron chi connectivity index (χ3n) is 6.69. The standard InChI is InChI=1S/C18H23NO2S/c20-22(21)13-7-16-14-5-1-3-11(14)9-19-10-12-4-2-6-15(12)17(8-13)18(16)19/h7-8,11-12,14-15H,1-6,9-10H2,(H,20,21). The van der Waals surface area contributed by atoms with E-state index in [1.165, 1.54) is 68.4 Å². The SMILES string of the molecule is O=S(O)c1cc2c3c(c1)C1CCCC1CN3CC1CCCC21. The molecule has 0 saturated heterocycles. The summed E-state index contributed by atoms with van der Waals surface area (Å²) in [6, 6.07) is 4.11. The van der Waals surface area contributed by atoms with Crippen molar-refractivity contribution < 1.29 is 8.76 Å². The van der Waals surface area contributed by atoms with Crippen LogP contribution in [0.3, 0.4) is 0 Å². The first-order valence-corrected chi connectivity index (χ1v) is 9.86. The fourth-order valence-electron chi connectivity index (χ4n) is 5.84. The van der Waals surface area contributed by atoms with E-state index in [0.29, 0.717) is 16.7 Å². The third-order valence-corrected chi connectivity index (χ3v) is 7.33. The molecular weight excluding hydrogens is 294 g/mol. The number of fused-ring (bicyclic) bond motifs is 4. The lowest BCUT2D eigenvalue weighted by molar-refractivity contribution is 0.389. The van der Waals surface area contributed by atoms with E-state index in [-0.39, 0.29) is 0 Å². The van der Waals surface area contributed by atoms with Gasteiger partial charge in [-0.15, -0.1) is 0 Å². The number of rotatable bonds is 1. The zero-order chi connectivity index (χ0) is 14.8. The van der Waals surface area contributed by atoms with Crippen LogP contribution >= 0.6 is 0 Å². The van der Waals surface area contributed by atoms with Crippen LogP contribution < -0.4 is 4.90 Å². The maximum atomic E-state index is 11.7. The molecule has 2 saturated carbocycles. The number of anilines is 1. The van der Waals surface area contributed by atoms with Crippen LogP contribution in [0, 0.1) is 11.8 Å². The Bertz CT molecular complexity index is 613. The van der Waals surface area contributed by atoms with Crippen molar-refractivity contribution >= 4 is 16.8 Å². The first-order valence-electron chi connectivity index (χ1n) is 8.76. The highest BCUT2D eigenvalue weighted by molar-refractivity contribution is 7.79. The number of hydrogen-bond acceptors (Lipinski definition) is 2. The van der Waals surface area contributed by atoms with Crippen LogP contribution in [0.5, 0.6) is 0 Å². The van der Waals surface area contributed by atoms with Gasteiger partial charge in [-0.05, 0) is 72.6 Å². The molecular formula is C18H23NO2S. The summed E-state index contributed by atoms with van der Waals surface area (Å²) in [7, 11) is 0. The Morgan fingerprint density at radius 3 is 2.00 bits per heavy atom. The average Bonchev–Trinajstić information content (AvgIpc) is 3.15. The molecule has 1 aromatic rings. The van der Waals surface area contributed by atoms with Crippen molar-refractivity contribution in [2.24, 2.45) is 11.8 Å². The minimum atomic E-state index is -1.86. The van der Waals surface area contributed by atoms with Gasteiger partial charge in [-0.1, -0.05) is 12.8 Å². The topological polar surface area (TPSA) is 40.5 Å². The summed E-state index contributed by atoms with van der Waals surface area (Å²) in [6.45, 7) is 2.44. The molecule has 4 heteroatoms. The molecule has 3 nitrogen and oxygen atoms in total. The molecule has 0 aromatic heterocycles. The number of benzene rings is 1. The van der Waals surface area contributed by atoms with Gasteiger partial charge >= 0.3 is 0 Å². The Morgan fingerprint density at radius 1 is 0.955 bits per heavy atom. The molecule has 2 aliphatic heterocycles. The summed E-state index contributed by atoms with van der Waals surface area (Å²) in [5.74, 6) is 2.79. The van der Waals surface area contributed by atoms with E-state index in [2.05, 4.69) is 17.0 Å². The van der Waals surface area contributed by atoms with Crippen molar-refractivity contribution in [3.8, 4) is 0 Å². The highest BCUT2D eigenvalue weighted by Gasteiger charge is 2.44. The van der Waals surface area contributed by atoms with Gasteiger partial charge in [0.2, 0.25) is 0 Å². The highest BCUT2D eigenvalue weighted by Crippen LogP contribution is 2.56. The molecule has 2 fully saturated rings. The van der Waals surface area contributed by atoms with E-state index < -0.39 is 11.1 Å². The van der Waals surface area contributed by atoms with Crippen molar-refractivity contribution in [1.29, 1.82) is 0 Å². The predicted octanol–water partition coefficient (Wildman–Crippen LogP) is 3.87. The van der Waals surface area contributed by atoms with Crippen LogP contribution in [-0.4, -0.2) is 21.9 Å². The van der Waals surface area contributed by atoms with Crippen molar-refractivity contribution in [2.75, 3.05) is 18.0 Å². The molecule has 5 rings (SSSR count). The van der Waals surface area contributed by atoms with E-state index >= 15 is 0 Å². The second kappa shape index (κ2) is 4.81. The summed E-state index contributed by atoms with van der Waals surface area (Å²) in [4.78, 5) is 3.27. The van der Waals surface area contributed by atoms with Gasteiger partial charge in [-0.2, -0.15) is 0 Å². The molecule has 5 unspecified atom stereocenters. The normalized spacial score (nSPS) is 36.7. The van der Waals surface area contributed by atoms with Crippen molar-refractivity contribution in [3.63, 3.8) is 0 Å². The molecule has 0 radical (unpaired) electrons. The van der Waals surface area contributed by atoms with E-state index in [1.807, 2.05) is 0 Å². The molecule has 5 atom stereocenters. The zero-order valence-corrected chi connectivity index (χ0v) is 13.6. The lowest BCUT2D eigenvalue weighted by atomic mass is 9.75. The van der Waals surface area contributed by atoms with Crippen molar-refractivity contribution in [2.45, 2.75) is 55.3 Å². The van der Waals surface area contributed by atoms with E-state index in [0.717, 1.165) is 11.8 Å². The fourth-order valence-corrected chi connectivity index (χ4v) is 6.29. The number of hydrogen-bond donors (Lipinski definition) is 1. The maximum Gasteiger partial charge on any atom is 0.186 e. The van der Waals surface area contributed by atoms with Gasteiger partial charge in [0.1, 0.15) is 0 Å². The van der Waals surface area contributed by atoms with Gasteiger partial charge in [0.05, 0.1) is 4.90 Å². The van der Waals surface area contributed by atoms with Crippen molar-refractivity contribution in [1.82, 2.24) is 0 Å².